The molecule has 60 valence electrons. The van der Waals surface area contributed by atoms with Crippen molar-refractivity contribution >= 4 is 9.24 Å². The Kier molecular flexibility index (Phi) is 2.17. The molecule has 1 aromatic rings. The second-order valence-electron chi connectivity index (χ2n) is 2.80. The lowest BCUT2D eigenvalue weighted by Crippen LogP contribution is -2.24. The SMILES string of the molecule is CC(N)(P)c1ccccc1O. The molecular weight excluding hydrogens is 157 g/mol. The first-order valence-electron chi connectivity index (χ1n) is 3.38. The second kappa shape index (κ2) is 2.80. The highest BCUT2D eigenvalue weighted by molar-refractivity contribution is 7.18. The third-order valence-electron chi connectivity index (χ3n) is 1.48. The van der Waals surface area contributed by atoms with E-state index >= 15 is 0 Å². The first-order chi connectivity index (χ1) is 5.02. The summed E-state index contributed by atoms with van der Waals surface area (Å²) in [7, 11) is 2.48. The highest BCUT2D eigenvalue weighted by Crippen LogP contribution is 2.31. The molecule has 0 saturated heterocycles. The Bertz CT molecular complexity index is 255. The molecule has 1 aromatic carbocycles. The zero-order valence-electron chi connectivity index (χ0n) is 6.41. The smallest absolute Gasteiger partial charge is 0.120 e. The van der Waals surface area contributed by atoms with Crippen molar-refractivity contribution in [2.45, 2.75) is 12.2 Å². The summed E-state index contributed by atoms with van der Waals surface area (Å²) in [6, 6.07) is 7.06. The Morgan fingerprint density at radius 1 is 1.45 bits per heavy atom. The van der Waals surface area contributed by atoms with Crippen molar-refractivity contribution in [3.05, 3.63) is 29.8 Å². The van der Waals surface area contributed by atoms with Gasteiger partial charge in [0.1, 0.15) is 5.75 Å². The molecule has 0 fully saturated rings. The predicted octanol–water partition coefficient (Wildman–Crippen LogP) is 1.40. The van der Waals surface area contributed by atoms with Crippen molar-refractivity contribution in [2.75, 3.05) is 0 Å². The largest absolute Gasteiger partial charge is 0.508 e. The number of hydrogen-bond acceptors (Lipinski definition) is 2. The molecule has 2 atom stereocenters. The van der Waals surface area contributed by atoms with Crippen molar-refractivity contribution in [3.63, 3.8) is 0 Å². The lowest BCUT2D eigenvalue weighted by Gasteiger charge is -2.19. The number of benzene rings is 1. The van der Waals surface area contributed by atoms with E-state index in [0.29, 0.717) is 0 Å². The lowest BCUT2D eigenvalue weighted by molar-refractivity contribution is 0.460. The minimum Gasteiger partial charge on any atom is -0.508 e. The van der Waals surface area contributed by atoms with Gasteiger partial charge in [0, 0.05) is 5.56 Å². The van der Waals surface area contributed by atoms with E-state index in [1.165, 1.54) is 0 Å². The van der Waals surface area contributed by atoms with Crippen LogP contribution < -0.4 is 5.73 Å². The fourth-order valence-electron chi connectivity index (χ4n) is 0.929. The number of rotatable bonds is 1. The van der Waals surface area contributed by atoms with Crippen LogP contribution in [0.3, 0.4) is 0 Å². The number of aromatic hydroxyl groups is 1. The quantitative estimate of drug-likeness (QED) is 0.624. The summed E-state index contributed by atoms with van der Waals surface area (Å²) < 4.78 is 0. The maximum Gasteiger partial charge on any atom is 0.120 e. The topological polar surface area (TPSA) is 46.2 Å². The zero-order valence-corrected chi connectivity index (χ0v) is 7.57. The van der Waals surface area contributed by atoms with Gasteiger partial charge in [-0.2, -0.15) is 0 Å². The van der Waals surface area contributed by atoms with Gasteiger partial charge in [-0.1, -0.05) is 18.2 Å². The summed E-state index contributed by atoms with van der Waals surface area (Å²) in [6.45, 7) is 1.83. The van der Waals surface area contributed by atoms with Crippen LogP contribution in [0.15, 0.2) is 24.3 Å². The fourth-order valence-corrected chi connectivity index (χ4v) is 1.17. The lowest BCUT2D eigenvalue weighted by atomic mass is 10.1. The summed E-state index contributed by atoms with van der Waals surface area (Å²) >= 11 is 0. The molecule has 3 N–H and O–H groups in total. The summed E-state index contributed by atoms with van der Waals surface area (Å²) in [4.78, 5) is 0. The molecule has 0 amide bonds. The van der Waals surface area contributed by atoms with Crippen LogP contribution in [0.2, 0.25) is 0 Å². The second-order valence-corrected chi connectivity index (χ2v) is 4.00. The van der Waals surface area contributed by atoms with Crippen LogP contribution in [-0.2, 0) is 5.28 Å². The van der Waals surface area contributed by atoms with E-state index < -0.39 is 5.28 Å². The van der Waals surface area contributed by atoms with Crippen LogP contribution in [0.4, 0.5) is 0 Å². The number of phenols is 1. The van der Waals surface area contributed by atoms with E-state index in [0.717, 1.165) is 5.56 Å². The third-order valence-corrected chi connectivity index (χ3v) is 1.80. The van der Waals surface area contributed by atoms with Crippen molar-refractivity contribution in [3.8, 4) is 5.75 Å². The monoisotopic (exact) mass is 169 g/mol. The van der Waals surface area contributed by atoms with E-state index in [1.54, 1.807) is 12.1 Å². The van der Waals surface area contributed by atoms with Crippen molar-refractivity contribution in [1.29, 1.82) is 0 Å². The molecule has 0 aliphatic carbocycles. The molecule has 2 unspecified atom stereocenters. The van der Waals surface area contributed by atoms with E-state index in [4.69, 9.17) is 5.73 Å². The van der Waals surface area contributed by atoms with Crippen LogP contribution in [0, 0.1) is 0 Å². The Hall–Kier alpha value is -0.590. The van der Waals surface area contributed by atoms with Crippen LogP contribution in [-0.4, -0.2) is 5.11 Å². The van der Waals surface area contributed by atoms with E-state index in [9.17, 15) is 5.11 Å². The summed E-state index contributed by atoms with van der Waals surface area (Å²) in [5, 5.41) is 8.80. The molecule has 0 heterocycles. The Morgan fingerprint density at radius 3 is 2.36 bits per heavy atom. The van der Waals surface area contributed by atoms with Crippen molar-refractivity contribution in [1.82, 2.24) is 0 Å². The number of hydrogen-bond donors (Lipinski definition) is 2. The van der Waals surface area contributed by atoms with Gasteiger partial charge >= 0.3 is 0 Å². The minimum absolute atomic E-state index is 0.243. The van der Waals surface area contributed by atoms with Gasteiger partial charge in [-0.05, 0) is 13.0 Å². The Balaban J connectivity index is 3.14. The number of para-hydroxylation sites is 1. The molecule has 0 saturated carbocycles. The van der Waals surface area contributed by atoms with Gasteiger partial charge in [0.15, 0.2) is 0 Å². The van der Waals surface area contributed by atoms with Crippen molar-refractivity contribution < 1.29 is 5.11 Å². The van der Waals surface area contributed by atoms with E-state index in [1.807, 2.05) is 19.1 Å². The van der Waals surface area contributed by atoms with Crippen LogP contribution in [0.5, 0.6) is 5.75 Å². The molecule has 0 aliphatic rings. The molecule has 0 aliphatic heterocycles. The van der Waals surface area contributed by atoms with Crippen molar-refractivity contribution in [2.24, 2.45) is 5.73 Å². The normalized spacial score (nSPS) is 15.9. The summed E-state index contributed by atoms with van der Waals surface area (Å²) in [5.41, 5.74) is 6.50. The Morgan fingerprint density at radius 2 is 2.00 bits per heavy atom. The molecule has 0 bridgehead atoms. The standard InChI is InChI=1S/C8H12NOP/c1-8(9,11)6-4-2-3-5-7(6)10/h2-5,10H,9,11H2,1H3. The molecule has 3 heteroatoms. The van der Waals surface area contributed by atoms with Gasteiger partial charge in [0.05, 0.1) is 5.28 Å². The molecule has 0 aromatic heterocycles. The number of nitrogens with two attached hydrogens (primary N) is 1. The van der Waals surface area contributed by atoms with Gasteiger partial charge in [-0.3, -0.25) is 0 Å². The summed E-state index contributed by atoms with van der Waals surface area (Å²) in [6.07, 6.45) is 0. The van der Waals surface area contributed by atoms with Gasteiger partial charge in [-0.25, -0.2) is 0 Å². The molecule has 0 radical (unpaired) electrons. The maximum atomic E-state index is 9.35. The highest BCUT2D eigenvalue weighted by atomic mass is 31.0. The molecule has 1 rings (SSSR count). The van der Waals surface area contributed by atoms with E-state index in [-0.39, 0.29) is 5.75 Å². The average molecular weight is 169 g/mol. The van der Waals surface area contributed by atoms with Gasteiger partial charge in [-0.15, -0.1) is 9.24 Å². The molecule has 2 nitrogen and oxygen atoms in total. The zero-order chi connectivity index (χ0) is 8.48. The van der Waals surface area contributed by atoms with Crippen LogP contribution >= 0.6 is 9.24 Å². The first-order valence-corrected chi connectivity index (χ1v) is 3.96. The summed E-state index contributed by atoms with van der Waals surface area (Å²) in [5.74, 6) is 0.243. The fraction of sp³-hybridized carbons (Fsp3) is 0.250. The van der Waals surface area contributed by atoms with Gasteiger partial charge in [0.25, 0.3) is 0 Å². The third kappa shape index (κ3) is 1.92. The Labute approximate surface area is 68.6 Å². The van der Waals surface area contributed by atoms with Crippen LogP contribution in [0.1, 0.15) is 12.5 Å². The average Bonchev–Trinajstić information content (AvgIpc) is 1.86. The molecular formula is C8H12NOP. The van der Waals surface area contributed by atoms with Gasteiger partial charge < -0.3 is 10.8 Å². The molecule has 11 heavy (non-hydrogen) atoms. The van der Waals surface area contributed by atoms with Crippen LogP contribution in [0.25, 0.3) is 0 Å². The maximum absolute atomic E-state index is 9.35. The minimum atomic E-state index is -0.550. The molecule has 0 spiro atoms. The predicted molar refractivity (Wildman–Crippen MR) is 49.4 cm³/mol. The van der Waals surface area contributed by atoms with Gasteiger partial charge in [0.2, 0.25) is 0 Å². The highest BCUT2D eigenvalue weighted by Gasteiger charge is 2.17. The van der Waals surface area contributed by atoms with E-state index in [2.05, 4.69) is 9.24 Å². The number of phenolic OH excluding ortho intramolecular Hbond substituents is 1. The first kappa shape index (κ1) is 8.51.